The number of hydrogen-bond acceptors (Lipinski definition) is 7. The molecule has 38 heavy (non-hydrogen) atoms. The minimum atomic E-state index is -0.861. The van der Waals surface area contributed by atoms with Crippen molar-refractivity contribution in [3.8, 4) is 0 Å². The van der Waals surface area contributed by atoms with Crippen molar-refractivity contribution in [1.82, 2.24) is 0 Å². The van der Waals surface area contributed by atoms with E-state index < -0.39 is 36.7 Å². The Balaban J connectivity index is 1.55. The smallest absolute Gasteiger partial charge is 0.303 e. The van der Waals surface area contributed by atoms with E-state index >= 15 is 0 Å². The summed E-state index contributed by atoms with van der Waals surface area (Å²) in [5.74, 6) is -0.465. The van der Waals surface area contributed by atoms with Crippen LogP contribution in [0.2, 0.25) is 5.02 Å². The second-order valence-electron chi connectivity index (χ2n) is 9.02. The summed E-state index contributed by atoms with van der Waals surface area (Å²) in [6, 6.07) is 27.1. The molecule has 3 aromatic carbocycles. The van der Waals surface area contributed by atoms with Gasteiger partial charge >= 0.3 is 5.97 Å². The van der Waals surface area contributed by atoms with Crippen LogP contribution in [0.25, 0.3) is 0 Å². The van der Waals surface area contributed by atoms with Gasteiger partial charge in [0.1, 0.15) is 18.3 Å². The number of ether oxygens (including phenoxy) is 6. The molecule has 3 aromatic rings. The fourth-order valence-corrected chi connectivity index (χ4v) is 4.44. The summed E-state index contributed by atoms with van der Waals surface area (Å²) in [7, 11) is 1.51. The summed E-state index contributed by atoms with van der Waals surface area (Å²) in [4.78, 5) is 12.0. The van der Waals surface area contributed by atoms with Crippen LogP contribution in [0.5, 0.6) is 0 Å². The van der Waals surface area contributed by atoms with Crippen LogP contribution in [0, 0.1) is 0 Å². The van der Waals surface area contributed by atoms with Crippen LogP contribution in [0.4, 0.5) is 0 Å². The lowest BCUT2D eigenvalue weighted by molar-refractivity contribution is -0.315. The Morgan fingerprint density at radius 3 is 1.87 bits per heavy atom. The van der Waals surface area contributed by atoms with Crippen LogP contribution < -0.4 is 0 Å². The number of esters is 1. The lowest BCUT2D eigenvalue weighted by atomic mass is 9.98. The second-order valence-corrected chi connectivity index (χ2v) is 9.45. The van der Waals surface area contributed by atoms with E-state index in [1.165, 1.54) is 14.0 Å². The van der Waals surface area contributed by atoms with Gasteiger partial charge < -0.3 is 28.4 Å². The number of halogens is 1. The summed E-state index contributed by atoms with van der Waals surface area (Å²) in [5.41, 5.74) is 2.95. The van der Waals surface area contributed by atoms with Crippen molar-refractivity contribution >= 4 is 17.6 Å². The van der Waals surface area contributed by atoms with E-state index in [9.17, 15) is 4.79 Å². The molecule has 1 unspecified atom stereocenters. The molecule has 0 amide bonds. The molecule has 0 aromatic heterocycles. The Bertz CT molecular complexity index is 1110. The van der Waals surface area contributed by atoms with Crippen molar-refractivity contribution in [2.75, 3.05) is 13.7 Å². The maximum absolute atomic E-state index is 12.0. The molecule has 1 aliphatic heterocycles. The summed E-state index contributed by atoms with van der Waals surface area (Å²) >= 11 is 6.00. The Hall–Kier alpha value is -2.78. The van der Waals surface area contributed by atoms with Crippen LogP contribution in [-0.2, 0) is 53.0 Å². The molecule has 5 atom stereocenters. The fraction of sp³-hybridized carbons (Fsp3) is 0.367. The van der Waals surface area contributed by atoms with Crippen molar-refractivity contribution in [3.05, 3.63) is 107 Å². The molecular formula is C30H33ClO7. The van der Waals surface area contributed by atoms with Gasteiger partial charge in [0.25, 0.3) is 0 Å². The molecule has 0 N–H and O–H groups in total. The molecule has 1 saturated heterocycles. The summed E-state index contributed by atoms with van der Waals surface area (Å²) in [6.45, 7) is 2.53. The third-order valence-corrected chi connectivity index (χ3v) is 6.41. The molecule has 0 radical (unpaired) electrons. The minimum absolute atomic E-state index is 0.208. The number of carbonyl (C=O) groups excluding carboxylic acids is 1. The van der Waals surface area contributed by atoms with Gasteiger partial charge in [0.05, 0.1) is 26.4 Å². The third-order valence-electron chi connectivity index (χ3n) is 6.16. The standard InChI is InChI=1S/C30H33ClO7/c1-21(32)37-29-28(36-19-23-11-7-4-8-12-23)27(35-18-22-9-5-3-6-10-22)26(38-30(29)33-2)20-34-17-24-13-15-25(31)16-14-24/h3-16,26-30H,17-20H2,1-2H3/t26-,27-,28+,29-,30?/m1/s1. The number of hydrogen-bond donors (Lipinski definition) is 0. The molecule has 0 aliphatic carbocycles. The average molecular weight is 541 g/mol. The normalized spacial score (nSPS) is 23.2. The Labute approximate surface area is 228 Å². The van der Waals surface area contributed by atoms with Gasteiger partial charge in [0.2, 0.25) is 0 Å². The van der Waals surface area contributed by atoms with E-state index in [0.29, 0.717) is 24.8 Å². The van der Waals surface area contributed by atoms with Gasteiger partial charge in [-0.2, -0.15) is 0 Å². The molecule has 4 rings (SSSR count). The van der Waals surface area contributed by atoms with Crippen molar-refractivity contribution < 1.29 is 33.2 Å². The van der Waals surface area contributed by atoms with E-state index in [1.807, 2.05) is 84.9 Å². The van der Waals surface area contributed by atoms with Crippen molar-refractivity contribution in [1.29, 1.82) is 0 Å². The first-order chi connectivity index (χ1) is 18.5. The highest BCUT2D eigenvalue weighted by Gasteiger charge is 2.49. The quantitative estimate of drug-likeness (QED) is 0.287. The first-order valence-electron chi connectivity index (χ1n) is 12.5. The highest BCUT2D eigenvalue weighted by atomic mass is 35.5. The molecule has 202 valence electrons. The first kappa shape index (κ1) is 28.2. The van der Waals surface area contributed by atoms with E-state index in [-0.39, 0.29) is 6.61 Å². The highest BCUT2D eigenvalue weighted by molar-refractivity contribution is 6.30. The van der Waals surface area contributed by atoms with Crippen molar-refractivity contribution in [2.45, 2.75) is 57.5 Å². The SMILES string of the molecule is COC1O[C@H](COCc2ccc(Cl)cc2)[C@@H](OCc2ccccc2)[C@H](OCc2ccccc2)[C@H]1OC(C)=O. The van der Waals surface area contributed by atoms with E-state index in [0.717, 1.165) is 16.7 Å². The van der Waals surface area contributed by atoms with E-state index in [2.05, 4.69) is 0 Å². The molecular weight excluding hydrogens is 508 g/mol. The van der Waals surface area contributed by atoms with Crippen molar-refractivity contribution in [2.24, 2.45) is 0 Å². The monoisotopic (exact) mass is 540 g/mol. The maximum atomic E-state index is 12.0. The summed E-state index contributed by atoms with van der Waals surface area (Å²) in [5, 5.41) is 0.664. The van der Waals surface area contributed by atoms with Gasteiger partial charge in [0, 0.05) is 19.1 Å². The Morgan fingerprint density at radius 2 is 1.32 bits per heavy atom. The van der Waals surface area contributed by atoms with Crippen LogP contribution >= 0.6 is 11.6 Å². The lowest BCUT2D eigenvalue weighted by Gasteiger charge is -2.45. The summed E-state index contributed by atoms with van der Waals surface area (Å²) < 4.78 is 36.3. The second kappa shape index (κ2) is 14.4. The van der Waals surface area contributed by atoms with Crippen molar-refractivity contribution in [3.63, 3.8) is 0 Å². The molecule has 1 heterocycles. The number of carbonyl (C=O) groups is 1. The van der Waals surface area contributed by atoms with Crippen LogP contribution in [0.3, 0.4) is 0 Å². The zero-order valence-corrected chi connectivity index (χ0v) is 22.3. The van der Waals surface area contributed by atoms with Gasteiger partial charge in [-0.15, -0.1) is 0 Å². The number of methoxy groups -OCH3 is 1. The molecule has 0 spiro atoms. The largest absolute Gasteiger partial charge is 0.454 e. The molecule has 0 bridgehead atoms. The zero-order valence-electron chi connectivity index (χ0n) is 21.5. The predicted molar refractivity (Wildman–Crippen MR) is 142 cm³/mol. The van der Waals surface area contributed by atoms with Crippen LogP contribution in [-0.4, -0.2) is 50.4 Å². The van der Waals surface area contributed by atoms with E-state index in [1.54, 1.807) is 0 Å². The molecule has 1 fully saturated rings. The van der Waals surface area contributed by atoms with Gasteiger partial charge in [-0.05, 0) is 28.8 Å². The topological polar surface area (TPSA) is 72.5 Å². The fourth-order valence-electron chi connectivity index (χ4n) is 4.32. The van der Waals surface area contributed by atoms with E-state index in [4.69, 9.17) is 40.0 Å². The average Bonchev–Trinajstić information content (AvgIpc) is 2.93. The summed E-state index contributed by atoms with van der Waals surface area (Å²) in [6.07, 6.45) is -3.54. The zero-order chi connectivity index (χ0) is 26.7. The maximum Gasteiger partial charge on any atom is 0.303 e. The van der Waals surface area contributed by atoms with Gasteiger partial charge in [-0.3, -0.25) is 4.79 Å². The molecule has 0 saturated carbocycles. The Morgan fingerprint density at radius 1 is 0.763 bits per heavy atom. The molecule has 8 heteroatoms. The highest BCUT2D eigenvalue weighted by Crippen LogP contribution is 2.30. The third kappa shape index (κ3) is 8.11. The van der Waals surface area contributed by atoms with Gasteiger partial charge in [-0.1, -0.05) is 84.4 Å². The van der Waals surface area contributed by atoms with Crippen LogP contribution in [0.15, 0.2) is 84.9 Å². The molecule has 7 nitrogen and oxygen atoms in total. The van der Waals surface area contributed by atoms with Gasteiger partial charge in [0.15, 0.2) is 12.4 Å². The van der Waals surface area contributed by atoms with Crippen LogP contribution in [0.1, 0.15) is 23.6 Å². The minimum Gasteiger partial charge on any atom is -0.454 e. The first-order valence-corrected chi connectivity index (χ1v) is 12.9. The number of benzene rings is 3. The van der Waals surface area contributed by atoms with Gasteiger partial charge in [-0.25, -0.2) is 0 Å². The number of rotatable bonds is 12. The molecule has 1 aliphatic rings. The Kier molecular flexibility index (Phi) is 10.7. The predicted octanol–water partition coefficient (Wildman–Crippen LogP) is 5.33. The lowest BCUT2D eigenvalue weighted by Crippen LogP contribution is -2.62.